The van der Waals surface area contributed by atoms with Crippen molar-refractivity contribution in [2.75, 3.05) is 13.1 Å². The van der Waals surface area contributed by atoms with Gasteiger partial charge in [0.25, 0.3) is 0 Å². The van der Waals surface area contributed by atoms with Crippen molar-refractivity contribution in [3.8, 4) is 11.5 Å². The van der Waals surface area contributed by atoms with Crippen molar-refractivity contribution in [3.63, 3.8) is 0 Å². The quantitative estimate of drug-likeness (QED) is 0.780. The highest BCUT2D eigenvalue weighted by Crippen LogP contribution is 2.18. The highest BCUT2D eigenvalue weighted by molar-refractivity contribution is 5.51. The van der Waals surface area contributed by atoms with Crippen LogP contribution in [0.4, 0.5) is 4.39 Å². The van der Waals surface area contributed by atoms with Crippen molar-refractivity contribution in [1.29, 1.82) is 0 Å². The minimum Gasteiger partial charge on any atom is -0.421 e. The highest BCUT2D eigenvalue weighted by Gasteiger charge is 2.08. The summed E-state index contributed by atoms with van der Waals surface area (Å²) in [5.74, 6) is 0.791. The summed E-state index contributed by atoms with van der Waals surface area (Å²) in [6.07, 6.45) is 2.85. The molecular formula is C14H18FN3O. The van der Waals surface area contributed by atoms with E-state index in [4.69, 9.17) is 4.42 Å². The minimum absolute atomic E-state index is 0.273. The van der Waals surface area contributed by atoms with Crippen LogP contribution in [0.1, 0.15) is 25.7 Å². The molecule has 2 aromatic rings. The molecule has 1 aromatic carbocycles. The number of benzene rings is 1. The molecule has 5 heteroatoms. The number of rotatable bonds is 7. The van der Waals surface area contributed by atoms with Crippen molar-refractivity contribution in [2.45, 2.75) is 26.2 Å². The van der Waals surface area contributed by atoms with Gasteiger partial charge < -0.3 is 9.73 Å². The van der Waals surface area contributed by atoms with Gasteiger partial charge in [0.2, 0.25) is 11.8 Å². The monoisotopic (exact) mass is 263 g/mol. The van der Waals surface area contributed by atoms with Crippen LogP contribution in [0.5, 0.6) is 0 Å². The molecule has 0 aliphatic heterocycles. The molecule has 1 aromatic heterocycles. The fourth-order valence-corrected chi connectivity index (χ4v) is 1.73. The van der Waals surface area contributed by atoms with Gasteiger partial charge in [0.1, 0.15) is 5.82 Å². The van der Waals surface area contributed by atoms with Gasteiger partial charge in [0.05, 0.1) is 0 Å². The van der Waals surface area contributed by atoms with Crippen LogP contribution in [0.15, 0.2) is 28.7 Å². The first-order chi connectivity index (χ1) is 9.29. The first kappa shape index (κ1) is 13.7. The van der Waals surface area contributed by atoms with Gasteiger partial charge >= 0.3 is 0 Å². The van der Waals surface area contributed by atoms with E-state index in [1.807, 2.05) is 0 Å². The van der Waals surface area contributed by atoms with E-state index in [0.717, 1.165) is 37.9 Å². The van der Waals surface area contributed by atoms with E-state index in [2.05, 4.69) is 22.4 Å². The van der Waals surface area contributed by atoms with Crippen LogP contribution >= 0.6 is 0 Å². The summed E-state index contributed by atoms with van der Waals surface area (Å²) in [6.45, 7) is 4.12. The van der Waals surface area contributed by atoms with E-state index in [-0.39, 0.29) is 5.82 Å². The maximum Gasteiger partial charge on any atom is 0.247 e. The van der Waals surface area contributed by atoms with E-state index in [0.29, 0.717) is 11.8 Å². The third-order valence-corrected chi connectivity index (χ3v) is 2.73. The molecular weight excluding hydrogens is 245 g/mol. The van der Waals surface area contributed by atoms with Crippen LogP contribution in [0.3, 0.4) is 0 Å². The van der Waals surface area contributed by atoms with Crippen LogP contribution in [-0.2, 0) is 6.42 Å². The lowest BCUT2D eigenvalue weighted by molar-refractivity contribution is 0.491. The van der Waals surface area contributed by atoms with Crippen molar-refractivity contribution in [3.05, 3.63) is 36.0 Å². The Kier molecular flexibility index (Phi) is 5.03. The van der Waals surface area contributed by atoms with Crippen molar-refractivity contribution >= 4 is 0 Å². The number of nitrogens with zero attached hydrogens (tertiary/aromatic N) is 2. The fourth-order valence-electron chi connectivity index (χ4n) is 1.73. The Labute approximate surface area is 112 Å². The molecule has 102 valence electrons. The average Bonchev–Trinajstić information content (AvgIpc) is 2.88. The molecule has 0 unspecified atom stereocenters. The second-order valence-corrected chi connectivity index (χ2v) is 4.36. The maximum absolute atomic E-state index is 12.8. The number of aromatic nitrogens is 2. The Morgan fingerprint density at radius 3 is 2.68 bits per heavy atom. The molecule has 2 rings (SSSR count). The smallest absolute Gasteiger partial charge is 0.247 e. The summed E-state index contributed by atoms with van der Waals surface area (Å²) in [5, 5.41) is 11.3. The summed E-state index contributed by atoms with van der Waals surface area (Å²) >= 11 is 0. The predicted molar refractivity (Wildman–Crippen MR) is 71.2 cm³/mol. The normalized spacial score (nSPS) is 10.8. The van der Waals surface area contributed by atoms with Gasteiger partial charge in [0.15, 0.2) is 0 Å². The number of hydrogen-bond donors (Lipinski definition) is 1. The molecule has 1 N–H and O–H groups in total. The van der Waals surface area contributed by atoms with Gasteiger partial charge in [-0.15, -0.1) is 10.2 Å². The third kappa shape index (κ3) is 4.13. The Bertz CT molecular complexity index is 496. The van der Waals surface area contributed by atoms with Crippen molar-refractivity contribution < 1.29 is 8.81 Å². The van der Waals surface area contributed by atoms with E-state index in [9.17, 15) is 4.39 Å². The molecule has 0 atom stereocenters. The average molecular weight is 263 g/mol. The van der Waals surface area contributed by atoms with Crippen LogP contribution in [0, 0.1) is 5.82 Å². The second kappa shape index (κ2) is 6.99. The molecule has 0 fully saturated rings. The summed E-state index contributed by atoms with van der Waals surface area (Å²) in [5.41, 5.74) is 0.740. The number of hydrogen-bond acceptors (Lipinski definition) is 4. The predicted octanol–water partition coefficient (Wildman–Crippen LogP) is 2.81. The van der Waals surface area contributed by atoms with Gasteiger partial charge in [-0.2, -0.15) is 0 Å². The first-order valence-corrected chi connectivity index (χ1v) is 6.58. The van der Waals surface area contributed by atoms with Gasteiger partial charge in [-0.05, 0) is 50.2 Å². The molecule has 0 bridgehead atoms. The molecule has 0 saturated heterocycles. The molecule has 0 aliphatic rings. The maximum atomic E-state index is 12.8. The Morgan fingerprint density at radius 1 is 1.16 bits per heavy atom. The number of nitrogens with one attached hydrogen (secondary N) is 1. The lowest BCUT2D eigenvalue weighted by atomic mass is 10.2. The van der Waals surface area contributed by atoms with Gasteiger partial charge in [-0.3, -0.25) is 0 Å². The molecule has 0 radical (unpaired) electrons. The summed E-state index contributed by atoms with van der Waals surface area (Å²) < 4.78 is 18.3. The molecule has 0 spiro atoms. The Balaban J connectivity index is 1.86. The lowest BCUT2D eigenvalue weighted by Crippen LogP contribution is -2.16. The summed E-state index contributed by atoms with van der Waals surface area (Å²) in [6, 6.07) is 6.03. The summed E-state index contributed by atoms with van der Waals surface area (Å²) in [4.78, 5) is 0. The first-order valence-electron chi connectivity index (χ1n) is 6.58. The van der Waals surface area contributed by atoms with E-state index < -0.39 is 0 Å². The number of halogens is 1. The van der Waals surface area contributed by atoms with E-state index in [1.165, 1.54) is 12.1 Å². The second-order valence-electron chi connectivity index (χ2n) is 4.36. The SMILES string of the molecule is CCCNCCCc1nnc(-c2ccc(F)cc2)o1. The zero-order valence-electron chi connectivity index (χ0n) is 11.0. The zero-order chi connectivity index (χ0) is 13.5. The van der Waals surface area contributed by atoms with Crippen LogP contribution < -0.4 is 5.32 Å². The van der Waals surface area contributed by atoms with Gasteiger partial charge in [-0.25, -0.2) is 4.39 Å². The molecule has 0 amide bonds. The van der Waals surface area contributed by atoms with Crippen LogP contribution in [0.2, 0.25) is 0 Å². The summed E-state index contributed by atoms with van der Waals surface area (Å²) in [7, 11) is 0. The molecule has 19 heavy (non-hydrogen) atoms. The van der Waals surface area contributed by atoms with E-state index >= 15 is 0 Å². The largest absolute Gasteiger partial charge is 0.421 e. The van der Waals surface area contributed by atoms with Crippen molar-refractivity contribution in [1.82, 2.24) is 15.5 Å². The topological polar surface area (TPSA) is 51.0 Å². The van der Waals surface area contributed by atoms with Crippen molar-refractivity contribution in [2.24, 2.45) is 0 Å². The zero-order valence-corrected chi connectivity index (χ0v) is 11.0. The number of aryl methyl sites for hydroxylation is 1. The third-order valence-electron chi connectivity index (χ3n) is 2.73. The minimum atomic E-state index is -0.273. The van der Waals surface area contributed by atoms with Crippen LogP contribution in [0.25, 0.3) is 11.5 Å². The highest BCUT2D eigenvalue weighted by atomic mass is 19.1. The molecule has 0 aliphatic carbocycles. The van der Waals surface area contributed by atoms with Gasteiger partial charge in [0, 0.05) is 12.0 Å². The molecule has 1 heterocycles. The van der Waals surface area contributed by atoms with Crippen LogP contribution in [-0.4, -0.2) is 23.3 Å². The standard InChI is InChI=1S/C14H18FN3O/c1-2-9-16-10-3-4-13-17-18-14(19-13)11-5-7-12(15)8-6-11/h5-8,16H,2-4,9-10H2,1H3. The Morgan fingerprint density at radius 2 is 1.95 bits per heavy atom. The lowest BCUT2D eigenvalue weighted by Gasteiger charge is -1.99. The Hall–Kier alpha value is -1.75. The molecule has 4 nitrogen and oxygen atoms in total. The molecule has 0 saturated carbocycles. The van der Waals surface area contributed by atoms with E-state index in [1.54, 1.807) is 12.1 Å². The van der Waals surface area contributed by atoms with Gasteiger partial charge in [-0.1, -0.05) is 6.92 Å². The fraction of sp³-hybridized carbons (Fsp3) is 0.429.